The van der Waals surface area contributed by atoms with Crippen LogP contribution in [0.4, 0.5) is 0 Å². The van der Waals surface area contributed by atoms with Crippen molar-refractivity contribution >= 4 is 17.9 Å². The van der Waals surface area contributed by atoms with Crippen molar-refractivity contribution in [3.63, 3.8) is 0 Å². The highest BCUT2D eigenvalue weighted by molar-refractivity contribution is 5.71. The maximum atomic E-state index is 12.9. The zero-order chi connectivity index (χ0) is 53.6. The van der Waals surface area contributed by atoms with Crippen molar-refractivity contribution in [3.8, 4) is 0 Å². The summed E-state index contributed by atoms with van der Waals surface area (Å²) in [5, 5.41) is 0. The standard InChI is InChI=1S/C68H120O6/c1-4-7-10-13-16-19-22-25-28-31-33-34-36-37-40-43-46-49-52-55-58-61-67(70)73-64-65(63-72-66(69)60-57-54-51-48-45-42-39-30-27-24-21-18-15-12-9-6-3)74-68(71)62-59-56-53-50-47-44-41-38-35-32-29-26-23-20-17-14-11-8-5-2/h8,11,17,20,26,29,35,38,44,47,53,56,65H,4-7,9-10,12-16,18-19,21-25,27-28,30-34,36-37,39-43,45-46,48-52,54-55,57-64H2,1-3H3/b11-8-,20-17-,29-26-,38-35-,47-44-,56-53-. The van der Waals surface area contributed by atoms with Gasteiger partial charge < -0.3 is 14.2 Å². The maximum Gasteiger partial charge on any atom is 0.306 e. The summed E-state index contributed by atoms with van der Waals surface area (Å²) in [7, 11) is 0. The Labute approximate surface area is 459 Å². The minimum absolute atomic E-state index is 0.101. The maximum absolute atomic E-state index is 12.9. The average Bonchev–Trinajstić information content (AvgIpc) is 3.40. The molecule has 0 rings (SSSR count). The smallest absolute Gasteiger partial charge is 0.306 e. The summed E-state index contributed by atoms with van der Waals surface area (Å²) < 4.78 is 16.9. The second-order valence-electron chi connectivity index (χ2n) is 21.3. The van der Waals surface area contributed by atoms with Gasteiger partial charge in [0.1, 0.15) is 13.2 Å². The van der Waals surface area contributed by atoms with Crippen LogP contribution >= 0.6 is 0 Å². The molecule has 1 unspecified atom stereocenters. The predicted octanol–water partition coefficient (Wildman–Crippen LogP) is 21.7. The van der Waals surface area contributed by atoms with Gasteiger partial charge in [-0.2, -0.15) is 0 Å². The Hall–Kier alpha value is -3.15. The first-order valence-corrected chi connectivity index (χ1v) is 31.9. The van der Waals surface area contributed by atoms with Gasteiger partial charge in [-0.15, -0.1) is 0 Å². The van der Waals surface area contributed by atoms with Crippen molar-refractivity contribution in [1.82, 2.24) is 0 Å². The lowest BCUT2D eigenvalue weighted by atomic mass is 10.0. The van der Waals surface area contributed by atoms with E-state index in [0.29, 0.717) is 19.3 Å². The topological polar surface area (TPSA) is 78.9 Å². The van der Waals surface area contributed by atoms with Crippen molar-refractivity contribution in [2.45, 2.75) is 329 Å². The highest BCUT2D eigenvalue weighted by atomic mass is 16.6. The van der Waals surface area contributed by atoms with Gasteiger partial charge in [0.15, 0.2) is 6.10 Å². The second kappa shape index (κ2) is 62.4. The van der Waals surface area contributed by atoms with E-state index < -0.39 is 6.10 Å². The fourth-order valence-corrected chi connectivity index (χ4v) is 9.24. The Morgan fingerprint density at radius 3 is 0.797 bits per heavy atom. The minimum Gasteiger partial charge on any atom is -0.462 e. The molecule has 0 radical (unpaired) electrons. The first-order chi connectivity index (χ1) is 36.5. The van der Waals surface area contributed by atoms with Gasteiger partial charge in [-0.05, 0) is 57.8 Å². The largest absolute Gasteiger partial charge is 0.462 e. The van der Waals surface area contributed by atoms with Gasteiger partial charge in [0, 0.05) is 19.3 Å². The van der Waals surface area contributed by atoms with Crippen LogP contribution in [0, 0.1) is 0 Å². The molecule has 6 heteroatoms. The second-order valence-corrected chi connectivity index (χ2v) is 21.3. The SMILES string of the molecule is CC/C=C\C/C=C\C/C=C\C/C=C\C/C=C\C/C=C\CCC(=O)OC(COC(=O)CCCCCCCCCCCCCCCCCC)COC(=O)CCCCCCCCCCCCCCCCCCCCCCC. The van der Waals surface area contributed by atoms with Crippen LogP contribution in [0.5, 0.6) is 0 Å². The van der Waals surface area contributed by atoms with Crippen LogP contribution in [-0.2, 0) is 28.6 Å². The molecule has 0 aromatic rings. The van der Waals surface area contributed by atoms with Gasteiger partial charge in [-0.25, -0.2) is 0 Å². The number of esters is 3. The Morgan fingerprint density at radius 2 is 0.527 bits per heavy atom. The highest BCUT2D eigenvalue weighted by Crippen LogP contribution is 2.17. The van der Waals surface area contributed by atoms with Crippen LogP contribution in [0.15, 0.2) is 72.9 Å². The fourth-order valence-electron chi connectivity index (χ4n) is 9.24. The normalized spacial score (nSPS) is 12.5. The molecule has 0 N–H and O–H groups in total. The van der Waals surface area contributed by atoms with E-state index in [1.165, 1.54) is 199 Å². The molecule has 0 aromatic carbocycles. The number of ether oxygens (including phenoxy) is 3. The van der Waals surface area contributed by atoms with Gasteiger partial charge in [-0.1, -0.05) is 318 Å². The summed E-state index contributed by atoms with van der Waals surface area (Å²) in [4.78, 5) is 38.3. The van der Waals surface area contributed by atoms with Gasteiger partial charge in [0.25, 0.3) is 0 Å². The molecule has 0 saturated carbocycles. The van der Waals surface area contributed by atoms with Crippen molar-refractivity contribution in [2.75, 3.05) is 13.2 Å². The molecule has 0 bridgehead atoms. The Balaban J connectivity index is 4.42. The molecule has 1 atom stereocenters. The zero-order valence-electron chi connectivity index (χ0n) is 49.1. The van der Waals surface area contributed by atoms with Crippen molar-refractivity contribution < 1.29 is 28.6 Å². The van der Waals surface area contributed by atoms with Gasteiger partial charge in [0.05, 0.1) is 0 Å². The number of hydrogen-bond acceptors (Lipinski definition) is 6. The molecule has 0 aliphatic heterocycles. The quantitative estimate of drug-likeness (QED) is 0.0261. The van der Waals surface area contributed by atoms with Gasteiger partial charge in [-0.3, -0.25) is 14.4 Å². The van der Waals surface area contributed by atoms with E-state index in [1.807, 2.05) is 6.08 Å². The molecular weight excluding hydrogens is 913 g/mol. The van der Waals surface area contributed by atoms with Crippen molar-refractivity contribution in [3.05, 3.63) is 72.9 Å². The molecule has 74 heavy (non-hydrogen) atoms. The first-order valence-electron chi connectivity index (χ1n) is 31.9. The average molecular weight is 1030 g/mol. The predicted molar refractivity (Wildman–Crippen MR) is 321 cm³/mol. The molecule has 0 aliphatic carbocycles. The van der Waals surface area contributed by atoms with E-state index in [1.54, 1.807) is 0 Å². The Morgan fingerprint density at radius 1 is 0.284 bits per heavy atom. The van der Waals surface area contributed by atoms with Crippen LogP contribution in [0.3, 0.4) is 0 Å². The molecule has 0 fully saturated rings. The molecule has 0 saturated heterocycles. The fraction of sp³-hybridized carbons (Fsp3) is 0.779. The molecule has 428 valence electrons. The van der Waals surface area contributed by atoms with Crippen LogP contribution in [-0.4, -0.2) is 37.2 Å². The van der Waals surface area contributed by atoms with Crippen LogP contribution in [0.1, 0.15) is 323 Å². The third kappa shape index (κ3) is 59.7. The van der Waals surface area contributed by atoms with E-state index in [4.69, 9.17) is 14.2 Å². The summed E-state index contributed by atoms with van der Waals surface area (Å²) in [5.74, 6) is -0.967. The highest BCUT2D eigenvalue weighted by Gasteiger charge is 2.19. The van der Waals surface area contributed by atoms with Crippen LogP contribution in [0.25, 0.3) is 0 Å². The lowest BCUT2D eigenvalue weighted by Crippen LogP contribution is -2.30. The van der Waals surface area contributed by atoms with Gasteiger partial charge >= 0.3 is 17.9 Å². The minimum atomic E-state index is -0.814. The molecule has 6 nitrogen and oxygen atoms in total. The van der Waals surface area contributed by atoms with Crippen LogP contribution < -0.4 is 0 Å². The molecule has 0 amide bonds. The lowest BCUT2D eigenvalue weighted by Gasteiger charge is -2.18. The summed E-state index contributed by atoms with van der Waals surface area (Å²) in [6.07, 6.45) is 80.6. The molecule has 0 aromatic heterocycles. The van der Waals surface area contributed by atoms with Crippen molar-refractivity contribution in [1.29, 1.82) is 0 Å². The Bertz CT molecular complexity index is 1370. The summed E-state index contributed by atoms with van der Waals surface area (Å²) in [6.45, 7) is 6.52. The summed E-state index contributed by atoms with van der Waals surface area (Å²) in [5.41, 5.74) is 0. The molecule has 0 spiro atoms. The number of carbonyl (C=O) groups is 3. The Kier molecular flexibility index (Phi) is 59.7. The number of allylic oxidation sites excluding steroid dienone is 12. The summed E-state index contributed by atoms with van der Waals surface area (Å²) >= 11 is 0. The molecule has 0 heterocycles. The van der Waals surface area contributed by atoms with Gasteiger partial charge in [0.2, 0.25) is 0 Å². The number of unbranched alkanes of at least 4 members (excludes halogenated alkanes) is 35. The summed E-state index contributed by atoms with van der Waals surface area (Å²) in [6, 6.07) is 0. The lowest BCUT2D eigenvalue weighted by molar-refractivity contribution is -0.166. The third-order valence-electron chi connectivity index (χ3n) is 14.0. The first kappa shape index (κ1) is 70.8. The van der Waals surface area contributed by atoms with E-state index in [9.17, 15) is 14.4 Å². The third-order valence-corrected chi connectivity index (χ3v) is 14.0. The van der Waals surface area contributed by atoms with E-state index in [-0.39, 0.29) is 37.5 Å². The number of carbonyl (C=O) groups excluding carboxylic acids is 3. The number of hydrogen-bond donors (Lipinski definition) is 0. The van der Waals surface area contributed by atoms with Crippen LogP contribution in [0.2, 0.25) is 0 Å². The number of rotatable bonds is 58. The van der Waals surface area contributed by atoms with E-state index in [2.05, 4.69) is 87.6 Å². The van der Waals surface area contributed by atoms with Crippen molar-refractivity contribution in [2.24, 2.45) is 0 Å². The monoisotopic (exact) mass is 1030 g/mol. The van der Waals surface area contributed by atoms with E-state index in [0.717, 1.165) is 77.0 Å². The zero-order valence-corrected chi connectivity index (χ0v) is 49.1. The van der Waals surface area contributed by atoms with E-state index >= 15 is 0 Å². The molecule has 0 aliphatic rings. The molecular formula is C68H120O6.